The van der Waals surface area contributed by atoms with Gasteiger partial charge in [-0.15, -0.1) is 0 Å². The van der Waals surface area contributed by atoms with Crippen molar-refractivity contribution >= 4 is 34.6 Å². The summed E-state index contributed by atoms with van der Waals surface area (Å²) in [5.41, 5.74) is 3.81. The molecule has 0 saturated carbocycles. The summed E-state index contributed by atoms with van der Waals surface area (Å²) >= 11 is 0. The molecule has 152 valence electrons. The van der Waals surface area contributed by atoms with E-state index in [2.05, 4.69) is 11.4 Å². The number of amides is 2. The van der Waals surface area contributed by atoms with E-state index in [1.54, 1.807) is 12.1 Å². The van der Waals surface area contributed by atoms with Crippen LogP contribution in [0.4, 0.5) is 22.7 Å². The highest BCUT2D eigenvalue weighted by atomic mass is 16.6. The quantitative estimate of drug-likeness (QED) is 0.356. The van der Waals surface area contributed by atoms with E-state index < -0.39 is 4.92 Å². The maximum atomic E-state index is 12.8. The lowest BCUT2D eigenvalue weighted by atomic mass is 9.85. The smallest absolute Gasteiger partial charge is 0.294 e. The minimum atomic E-state index is -0.487. The number of nitrogens with one attached hydrogen (secondary N) is 1. The van der Waals surface area contributed by atoms with Crippen molar-refractivity contribution in [2.75, 3.05) is 10.2 Å². The highest BCUT2D eigenvalue weighted by molar-refractivity contribution is 6.22. The van der Waals surface area contributed by atoms with E-state index in [1.165, 1.54) is 17.2 Å². The Hall–Kier alpha value is -3.48. The summed E-state index contributed by atoms with van der Waals surface area (Å²) in [7, 11) is 0. The van der Waals surface area contributed by atoms with Crippen LogP contribution in [-0.2, 0) is 22.4 Å². The summed E-state index contributed by atoms with van der Waals surface area (Å²) in [5, 5.41) is 14.9. The zero-order valence-corrected chi connectivity index (χ0v) is 16.3. The Labute approximate surface area is 173 Å². The molecule has 7 heteroatoms. The van der Waals surface area contributed by atoms with Crippen LogP contribution in [-0.4, -0.2) is 16.7 Å². The first-order valence-electron chi connectivity index (χ1n) is 10.2. The van der Waals surface area contributed by atoms with Gasteiger partial charge in [0.2, 0.25) is 11.8 Å². The average molecular weight is 403 g/mol. The fourth-order valence-corrected chi connectivity index (χ4v) is 4.78. The number of anilines is 3. The van der Waals surface area contributed by atoms with Crippen LogP contribution in [0.3, 0.4) is 0 Å². The van der Waals surface area contributed by atoms with E-state index in [0.29, 0.717) is 18.5 Å². The van der Waals surface area contributed by atoms with Gasteiger partial charge in [-0.05, 0) is 67.5 Å². The van der Waals surface area contributed by atoms with Gasteiger partial charge in [-0.3, -0.25) is 19.7 Å². The second-order valence-electron chi connectivity index (χ2n) is 8.09. The fourth-order valence-electron chi connectivity index (χ4n) is 4.78. The molecule has 0 unspecified atom stereocenters. The standard InChI is InChI=1S/C23H21N3O4/c27-22-18-6-1-2-7-19(18)23(28)25(22)17-10-11-20(21(13-17)26(29)30)24-16-9-8-14-4-3-5-15(14)12-16/h1-2,8-13,18-19,24H,3-7H2/t18-,19-/m1/s1. The third kappa shape index (κ3) is 2.98. The van der Waals surface area contributed by atoms with Gasteiger partial charge in [0.15, 0.2) is 0 Å². The molecule has 2 amide bonds. The van der Waals surface area contributed by atoms with Gasteiger partial charge in [0.05, 0.1) is 22.4 Å². The van der Waals surface area contributed by atoms with Crippen molar-refractivity contribution in [2.24, 2.45) is 11.8 Å². The molecule has 0 spiro atoms. The van der Waals surface area contributed by atoms with Crippen molar-refractivity contribution in [2.45, 2.75) is 32.1 Å². The fraction of sp³-hybridized carbons (Fsp3) is 0.304. The third-order valence-corrected chi connectivity index (χ3v) is 6.32. The van der Waals surface area contributed by atoms with Gasteiger partial charge < -0.3 is 5.32 Å². The summed E-state index contributed by atoms with van der Waals surface area (Å²) in [5.74, 6) is -1.29. The molecule has 1 heterocycles. The second-order valence-corrected chi connectivity index (χ2v) is 8.09. The van der Waals surface area contributed by atoms with Gasteiger partial charge in [0.25, 0.3) is 5.69 Å². The predicted octanol–water partition coefficient (Wildman–Crippen LogP) is 4.28. The van der Waals surface area contributed by atoms with Gasteiger partial charge in [0, 0.05) is 11.8 Å². The molecule has 30 heavy (non-hydrogen) atoms. The molecule has 1 N–H and O–H groups in total. The number of nitrogens with zero attached hydrogens (tertiary/aromatic N) is 2. The number of carbonyl (C=O) groups is 2. The van der Waals surface area contributed by atoms with E-state index in [1.807, 2.05) is 24.3 Å². The van der Waals surface area contributed by atoms with Crippen molar-refractivity contribution in [3.8, 4) is 0 Å². The van der Waals surface area contributed by atoms with Gasteiger partial charge in [-0.25, -0.2) is 4.90 Å². The summed E-state index contributed by atoms with van der Waals surface area (Å²) in [6.45, 7) is 0. The lowest BCUT2D eigenvalue weighted by Crippen LogP contribution is -2.30. The molecule has 3 aliphatic rings. The van der Waals surface area contributed by atoms with Crippen LogP contribution in [0.25, 0.3) is 0 Å². The number of nitro groups is 1. The highest BCUT2D eigenvalue weighted by Gasteiger charge is 2.48. The van der Waals surface area contributed by atoms with Crippen LogP contribution in [0.2, 0.25) is 0 Å². The average Bonchev–Trinajstić information content (AvgIpc) is 3.31. The minimum Gasteiger partial charge on any atom is -0.350 e. The molecular formula is C23H21N3O4. The molecule has 1 fully saturated rings. The first-order valence-corrected chi connectivity index (χ1v) is 10.2. The number of fused-ring (bicyclic) bond motifs is 2. The van der Waals surface area contributed by atoms with Crippen LogP contribution in [0.5, 0.6) is 0 Å². The number of aryl methyl sites for hydroxylation is 2. The van der Waals surface area contributed by atoms with E-state index in [0.717, 1.165) is 29.8 Å². The summed E-state index contributed by atoms with van der Waals surface area (Å²) in [6.07, 6.45) is 8.12. The Kier molecular flexibility index (Phi) is 4.38. The van der Waals surface area contributed by atoms with Crippen molar-refractivity contribution in [3.63, 3.8) is 0 Å². The normalized spacial score (nSPS) is 22.2. The molecule has 2 atom stereocenters. The van der Waals surface area contributed by atoms with E-state index in [9.17, 15) is 19.7 Å². The number of imide groups is 1. The van der Waals surface area contributed by atoms with Crippen molar-refractivity contribution in [1.29, 1.82) is 0 Å². The third-order valence-electron chi connectivity index (χ3n) is 6.32. The maximum Gasteiger partial charge on any atom is 0.294 e. The van der Waals surface area contributed by atoms with Crippen LogP contribution in [0.1, 0.15) is 30.4 Å². The zero-order chi connectivity index (χ0) is 20.8. The highest BCUT2D eigenvalue weighted by Crippen LogP contribution is 2.40. The molecular weight excluding hydrogens is 382 g/mol. The van der Waals surface area contributed by atoms with E-state index in [4.69, 9.17) is 0 Å². The van der Waals surface area contributed by atoms with Crippen molar-refractivity contribution < 1.29 is 14.5 Å². The number of carbonyl (C=O) groups excluding carboxylic acids is 2. The Morgan fingerprint density at radius 2 is 1.63 bits per heavy atom. The van der Waals surface area contributed by atoms with Crippen molar-refractivity contribution in [1.82, 2.24) is 0 Å². The second kappa shape index (κ2) is 7.09. The molecule has 0 aromatic heterocycles. The number of nitro benzene ring substituents is 1. The summed E-state index contributed by atoms with van der Waals surface area (Å²) in [4.78, 5) is 38.0. The SMILES string of the molecule is O=C1[C@@H]2CC=CC[C@H]2C(=O)N1c1ccc(Nc2ccc3c(c2)CCC3)c([N+](=O)[O-])c1. The lowest BCUT2D eigenvalue weighted by molar-refractivity contribution is -0.383. The molecule has 7 nitrogen and oxygen atoms in total. The number of hydrogen-bond acceptors (Lipinski definition) is 5. The number of rotatable bonds is 4. The predicted molar refractivity (Wildman–Crippen MR) is 113 cm³/mol. The molecule has 2 aliphatic carbocycles. The summed E-state index contributed by atoms with van der Waals surface area (Å²) in [6, 6.07) is 10.5. The lowest BCUT2D eigenvalue weighted by Gasteiger charge is -2.16. The van der Waals surface area contributed by atoms with E-state index in [-0.39, 0.29) is 35.0 Å². The van der Waals surface area contributed by atoms with Crippen molar-refractivity contribution in [3.05, 3.63) is 69.8 Å². The van der Waals surface area contributed by atoms with Crippen LogP contribution in [0, 0.1) is 22.0 Å². The molecule has 2 aromatic rings. The first kappa shape index (κ1) is 18.5. The Bertz CT molecular complexity index is 1080. The number of allylic oxidation sites excluding steroid dienone is 2. The topological polar surface area (TPSA) is 92.6 Å². The number of benzene rings is 2. The largest absolute Gasteiger partial charge is 0.350 e. The maximum absolute atomic E-state index is 12.8. The molecule has 2 aromatic carbocycles. The molecule has 0 bridgehead atoms. The van der Waals surface area contributed by atoms with Crippen LogP contribution < -0.4 is 10.2 Å². The monoisotopic (exact) mass is 403 g/mol. The first-order chi connectivity index (χ1) is 14.5. The van der Waals surface area contributed by atoms with Gasteiger partial charge in [0.1, 0.15) is 5.69 Å². The van der Waals surface area contributed by atoms with Gasteiger partial charge in [-0.1, -0.05) is 18.2 Å². The van der Waals surface area contributed by atoms with Crippen LogP contribution in [0.15, 0.2) is 48.6 Å². The molecule has 0 radical (unpaired) electrons. The van der Waals surface area contributed by atoms with E-state index >= 15 is 0 Å². The van der Waals surface area contributed by atoms with Gasteiger partial charge in [-0.2, -0.15) is 0 Å². The zero-order valence-electron chi connectivity index (χ0n) is 16.3. The minimum absolute atomic E-state index is 0.165. The molecule has 1 aliphatic heterocycles. The Balaban J connectivity index is 1.46. The molecule has 5 rings (SSSR count). The Morgan fingerprint density at radius 3 is 2.33 bits per heavy atom. The number of hydrogen-bond donors (Lipinski definition) is 1. The summed E-state index contributed by atoms with van der Waals surface area (Å²) < 4.78 is 0. The molecule has 1 saturated heterocycles. The van der Waals surface area contributed by atoms with Gasteiger partial charge >= 0.3 is 0 Å². The Morgan fingerprint density at radius 1 is 0.933 bits per heavy atom. The van der Waals surface area contributed by atoms with Crippen LogP contribution >= 0.6 is 0 Å².